The number of halogens is 2. The molecule has 4 heteroatoms. The van der Waals surface area contributed by atoms with Gasteiger partial charge in [-0.3, -0.25) is 0 Å². The summed E-state index contributed by atoms with van der Waals surface area (Å²) < 4.78 is 0. The van der Waals surface area contributed by atoms with Gasteiger partial charge in [0.05, 0.1) is 42.3 Å². The van der Waals surface area contributed by atoms with Crippen LogP contribution in [0.1, 0.15) is 93.4 Å². The van der Waals surface area contributed by atoms with Gasteiger partial charge in [-0.2, -0.15) is 0 Å². The monoisotopic (exact) mass is 478 g/mol. The lowest BCUT2D eigenvalue weighted by Gasteiger charge is -2.12. The lowest BCUT2D eigenvalue weighted by atomic mass is 9.94. The molecule has 0 heterocycles. The summed E-state index contributed by atoms with van der Waals surface area (Å²) in [6, 6.07) is 4.54. The van der Waals surface area contributed by atoms with Crippen molar-refractivity contribution in [1.82, 2.24) is 0 Å². The number of aryl methyl sites for hydroxylation is 2. The summed E-state index contributed by atoms with van der Waals surface area (Å²) in [5, 5.41) is 0. The minimum absolute atomic E-state index is 0. The quantitative estimate of drug-likeness (QED) is 0.362. The zero-order valence-electron chi connectivity index (χ0n) is 22.7. The number of nitrogens with one attached hydrogen (secondary N) is 2. The molecule has 0 radical (unpaired) electrons. The van der Waals surface area contributed by atoms with E-state index >= 15 is 0 Å². The Morgan fingerprint density at radius 3 is 1.26 bits per heavy atom. The van der Waals surface area contributed by atoms with E-state index < -0.39 is 0 Å². The van der Waals surface area contributed by atoms with Crippen LogP contribution in [0.15, 0.2) is 12.1 Å². The third-order valence-corrected chi connectivity index (χ3v) is 4.88. The first kappa shape index (κ1) is 38.0. The number of hydrogen-bond donors (Lipinski definition) is 2. The first-order valence-corrected chi connectivity index (χ1v) is 12.2. The largest absolute Gasteiger partial charge is 1.00 e. The van der Waals surface area contributed by atoms with Gasteiger partial charge in [0.1, 0.15) is 0 Å². The molecule has 1 aromatic carbocycles. The van der Waals surface area contributed by atoms with Crippen LogP contribution in [-0.2, 0) is 6.42 Å². The number of unbranched alkanes of at least 4 members (excludes halogenated alkanes) is 9. The number of rotatable bonds is 11. The standard InChI is InChI=1S/C21H36.2C3H9N.2ClH/c1-5-6-7-8-9-10-11-12-13-14-15-21-19(3)17-16-18(2)20(21)4;2*1-4(2)3;;/h16-17H,5-15H2,1-4H3;2*1-3H3;2*1H. The van der Waals surface area contributed by atoms with E-state index in [1.165, 1.54) is 97.1 Å². The van der Waals surface area contributed by atoms with Gasteiger partial charge in [0.15, 0.2) is 0 Å². The molecule has 0 bridgehead atoms. The third-order valence-electron chi connectivity index (χ3n) is 4.88. The van der Waals surface area contributed by atoms with E-state index in [0.29, 0.717) is 0 Å². The molecule has 0 aliphatic rings. The molecule has 0 amide bonds. The van der Waals surface area contributed by atoms with Crippen molar-refractivity contribution >= 4 is 0 Å². The summed E-state index contributed by atoms with van der Waals surface area (Å²) in [5.74, 6) is 0. The lowest BCUT2D eigenvalue weighted by Crippen LogP contribution is -3.02. The zero-order valence-corrected chi connectivity index (χ0v) is 24.2. The summed E-state index contributed by atoms with van der Waals surface area (Å²) in [5.41, 5.74) is 6.05. The van der Waals surface area contributed by atoms with Crippen molar-refractivity contribution in [3.63, 3.8) is 0 Å². The second-order valence-electron chi connectivity index (χ2n) is 9.73. The molecular formula is C27H56Cl2N2. The van der Waals surface area contributed by atoms with Gasteiger partial charge >= 0.3 is 0 Å². The maximum absolute atomic E-state index is 2.29. The summed E-state index contributed by atoms with van der Waals surface area (Å²) in [4.78, 5) is 2.83. The van der Waals surface area contributed by atoms with Gasteiger partial charge in [-0.05, 0) is 55.9 Å². The Hall–Kier alpha value is -0.280. The van der Waals surface area contributed by atoms with Gasteiger partial charge in [0.2, 0.25) is 0 Å². The van der Waals surface area contributed by atoms with E-state index in [-0.39, 0.29) is 24.8 Å². The molecule has 0 aromatic heterocycles. The van der Waals surface area contributed by atoms with Crippen LogP contribution in [0.4, 0.5) is 0 Å². The molecular weight excluding hydrogens is 423 g/mol. The molecule has 0 unspecified atom stereocenters. The highest BCUT2D eigenvalue weighted by Crippen LogP contribution is 2.20. The molecule has 0 atom stereocenters. The van der Waals surface area contributed by atoms with Crippen LogP contribution >= 0.6 is 0 Å². The van der Waals surface area contributed by atoms with Gasteiger partial charge in [-0.1, -0.05) is 76.8 Å². The number of quaternary nitrogens is 2. The predicted molar refractivity (Wildman–Crippen MR) is 134 cm³/mol. The maximum atomic E-state index is 2.29. The van der Waals surface area contributed by atoms with E-state index in [1.807, 2.05) is 0 Å². The average molecular weight is 480 g/mol. The van der Waals surface area contributed by atoms with Crippen LogP contribution in [0.5, 0.6) is 0 Å². The average Bonchev–Trinajstić information content (AvgIpc) is 2.61. The lowest BCUT2D eigenvalue weighted by molar-refractivity contribution is -0.836. The van der Waals surface area contributed by atoms with Crippen molar-refractivity contribution in [2.45, 2.75) is 98.3 Å². The van der Waals surface area contributed by atoms with Crippen LogP contribution in [-0.4, -0.2) is 42.3 Å². The molecule has 1 aromatic rings. The molecule has 0 saturated heterocycles. The molecule has 1 rings (SSSR count). The Morgan fingerprint density at radius 1 is 0.548 bits per heavy atom. The van der Waals surface area contributed by atoms with Gasteiger partial charge in [-0.15, -0.1) is 0 Å². The fraction of sp³-hybridized carbons (Fsp3) is 0.778. The van der Waals surface area contributed by atoms with Crippen LogP contribution in [0.3, 0.4) is 0 Å². The van der Waals surface area contributed by atoms with Gasteiger partial charge < -0.3 is 34.6 Å². The Morgan fingerprint density at radius 2 is 0.871 bits per heavy atom. The zero-order chi connectivity index (χ0) is 22.7. The predicted octanol–water partition coefficient (Wildman–Crippen LogP) is -1.40. The molecule has 31 heavy (non-hydrogen) atoms. The number of hydrogen-bond acceptors (Lipinski definition) is 0. The highest BCUT2D eigenvalue weighted by Gasteiger charge is 2.04. The summed E-state index contributed by atoms with van der Waals surface area (Å²) >= 11 is 0. The second-order valence-corrected chi connectivity index (χ2v) is 9.73. The fourth-order valence-electron chi connectivity index (χ4n) is 3.18. The van der Waals surface area contributed by atoms with E-state index in [9.17, 15) is 0 Å². The van der Waals surface area contributed by atoms with Crippen molar-refractivity contribution in [1.29, 1.82) is 0 Å². The molecule has 0 fully saturated rings. The van der Waals surface area contributed by atoms with E-state index in [1.54, 1.807) is 5.56 Å². The fourth-order valence-corrected chi connectivity index (χ4v) is 3.18. The Labute approximate surface area is 209 Å². The summed E-state index contributed by atoms with van der Waals surface area (Å²) in [7, 11) is 12.5. The molecule has 0 spiro atoms. The number of benzene rings is 1. The smallest absolute Gasteiger partial charge is 0.0661 e. The van der Waals surface area contributed by atoms with Gasteiger partial charge in [-0.25, -0.2) is 0 Å². The molecule has 188 valence electrons. The van der Waals surface area contributed by atoms with Crippen molar-refractivity contribution in [3.05, 3.63) is 34.4 Å². The van der Waals surface area contributed by atoms with E-state index in [4.69, 9.17) is 0 Å². The highest BCUT2D eigenvalue weighted by atomic mass is 35.5. The van der Waals surface area contributed by atoms with Crippen molar-refractivity contribution < 1.29 is 34.6 Å². The SMILES string of the molecule is CCCCCCCCCCCCc1c(C)ccc(C)c1C.C[NH+](C)C.C[NH+](C)C.[Cl-].[Cl-]. The van der Waals surface area contributed by atoms with Crippen LogP contribution in [0.2, 0.25) is 0 Å². The normalized spacial score (nSPS) is 9.81. The van der Waals surface area contributed by atoms with Crippen molar-refractivity contribution in [2.75, 3.05) is 42.3 Å². The summed E-state index contributed by atoms with van der Waals surface area (Å²) in [6.07, 6.45) is 15.5. The molecule has 0 aliphatic heterocycles. The first-order valence-electron chi connectivity index (χ1n) is 12.2. The van der Waals surface area contributed by atoms with Crippen LogP contribution in [0, 0.1) is 20.8 Å². The molecule has 0 saturated carbocycles. The van der Waals surface area contributed by atoms with E-state index in [2.05, 4.69) is 82.1 Å². The minimum Gasteiger partial charge on any atom is -1.00 e. The Balaban J connectivity index is -0.000000313. The topological polar surface area (TPSA) is 8.88 Å². The maximum Gasteiger partial charge on any atom is 0.0661 e. The van der Waals surface area contributed by atoms with Crippen molar-refractivity contribution in [3.8, 4) is 0 Å². The van der Waals surface area contributed by atoms with Gasteiger partial charge in [0, 0.05) is 0 Å². The molecule has 2 nitrogen and oxygen atoms in total. The summed E-state index contributed by atoms with van der Waals surface area (Å²) in [6.45, 7) is 9.07. The highest BCUT2D eigenvalue weighted by molar-refractivity contribution is 5.39. The van der Waals surface area contributed by atoms with Crippen molar-refractivity contribution in [2.24, 2.45) is 0 Å². The molecule has 0 aliphatic carbocycles. The minimum atomic E-state index is 0. The van der Waals surface area contributed by atoms with Gasteiger partial charge in [0.25, 0.3) is 0 Å². The van der Waals surface area contributed by atoms with E-state index in [0.717, 1.165) is 0 Å². The Bertz CT molecular complexity index is 477. The van der Waals surface area contributed by atoms with Crippen LogP contribution < -0.4 is 34.6 Å². The molecule has 2 N–H and O–H groups in total. The Kier molecular flexibility index (Phi) is 31.8. The van der Waals surface area contributed by atoms with Crippen LogP contribution in [0.25, 0.3) is 0 Å². The third kappa shape index (κ3) is 27.7. The first-order chi connectivity index (χ1) is 13.6. The second kappa shape index (κ2) is 26.0.